The molecule has 0 saturated carbocycles. The van der Waals surface area contributed by atoms with Gasteiger partial charge < -0.3 is 4.57 Å². The summed E-state index contributed by atoms with van der Waals surface area (Å²) in [5, 5.41) is 3.71. The second kappa shape index (κ2) is 3.72. The molecule has 4 rings (SSSR count). The number of hydrogen-bond donors (Lipinski definition) is 1. The van der Waals surface area contributed by atoms with Crippen molar-refractivity contribution in [2.24, 2.45) is 13.0 Å². The molecule has 2 aliphatic rings. The largest absolute Gasteiger partial charge is 0.347 e. The van der Waals surface area contributed by atoms with Crippen LogP contribution in [0.1, 0.15) is 36.4 Å². The molecule has 4 heteroatoms. The Morgan fingerprint density at radius 3 is 2.75 bits per heavy atom. The van der Waals surface area contributed by atoms with Gasteiger partial charge in [-0.05, 0) is 24.0 Å². The summed E-state index contributed by atoms with van der Waals surface area (Å²) in [6, 6.07) is 8.22. The number of aryl methyl sites for hydroxylation is 1. The highest BCUT2D eigenvalue weighted by Crippen LogP contribution is 2.48. The highest BCUT2D eigenvalue weighted by molar-refractivity contribution is 6.09. The SMILES string of the molecule is CC1C[C@@H]2C(=O)NC(=O)[C@@H]2c2c1c1ccccc1n2C. The summed E-state index contributed by atoms with van der Waals surface area (Å²) < 4.78 is 2.09. The molecule has 3 atom stereocenters. The smallest absolute Gasteiger partial charge is 0.236 e. The fraction of sp³-hybridized carbons (Fsp3) is 0.375. The standard InChI is InChI=1S/C16H16N2O2/c1-8-7-10-13(16(20)17-15(10)19)14-12(8)9-5-3-4-6-11(9)18(14)2/h3-6,8,10,13H,7H2,1-2H3,(H,17,19,20)/t8?,10-,13-/m0/s1. The molecule has 20 heavy (non-hydrogen) atoms. The molecule has 102 valence electrons. The lowest BCUT2D eigenvalue weighted by Crippen LogP contribution is -2.26. The Morgan fingerprint density at radius 1 is 1.20 bits per heavy atom. The molecule has 2 heterocycles. The molecule has 0 radical (unpaired) electrons. The summed E-state index contributed by atoms with van der Waals surface area (Å²) in [5.41, 5.74) is 3.41. The third-order valence-electron chi connectivity index (χ3n) is 4.86. The first kappa shape index (κ1) is 11.7. The van der Waals surface area contributed by atoms with Gasteiger partial charge in [-0.25, -0.2) is 0 Å². The maximum atomic E-state index is 12.2. The van der Waals surface area contributed by atoms with Gasteiger partial charge in [0.2, 0.25) is 11.8 Å². The van der Waals surface area contributed by atoms with E-state index in [0.29, 0.717) is 5.92 Å². The number of fused-ring (bicyclic) bond motifs is 5. The lowest BCUT2D eigenvalue weighted by Gasteiger charge is -2.28. The first-order chi connectivity index (χ1) is 9.59. The van der Waals surface area contributed by atoms with Gasteiger partial charge in [-0.2, -0.15) is 0 Å². The Balaban J connectivity index is 2.07. The quantitative estimate of drug-likeness (QED) is 0.743. The molecule has 1 N–H and O–H groups in total. The molecule has 2 amide bonds. The number of nitrogens with one attached hydrogen (secondary N) is 1. The van der Waals surface area contributed by atoms with Gasteiger partial charge in [0.15, 0.2) is 0 Å². The van der Waals surface area contributed by atoms with E-state index in [9.17, 15) is 9.59 Å². The Labute approximate surface area is 116 Å². The number of hydrogen-bond acceptors (Lipinski definition) is 2. The van der Waals surface area contributed by atoms with Gasteiger partial charge in [-0.15, -0.1) is 0 Å². The Bertz CT molecular complexity index is 759. The Morgan fingerprint density at radius 2 is 1.95 bits per heavy atom. The van der Waals surface area contributed by atoms with Crippen molar-refractivity contribution in [3.63, 3.8) is 0 Å². The van der Waals surface area contributed by atoms with Crippen molar-refractivity contribution in [3.8, 4) is 0 Å². The number of carbonyl (C=O) groups is 2. The van der Waals surface area contributed by atoms with Gasteiger partial charge in [-0.3, -0.25) is 14.9 Å². The van der Waals surface area contributed by atoms with E-state index < -0.39 is 0 Å². The van der Waals surface area contributed by atoms with Crippen molar-refractivity contribution in [2.45, 2.75) is 25.2 Å². The van der Waals surface area contributed by atoms with Crippen LogP contribution in [-0.4, -0.2) is 16.4 Å². The van der Waals surface area contributed by atoms with E-state index in [0.717, 1.165) is 17.6 Å². The number of aromatic nitrogens is 1. The minimum absolute atomic E-state index is 0.109. The van der Waals surface area contributed by atoms with Crippen molar-refractivity contribution < 1.29 is 9.59 Å². The van der Waals surface area contributed by atoms with Crippen molar-refractivity contribution in [1.29, 1.82) is 0 Å². The van der Waals surface area contributed by atoms with Crippen LogP contribution in [0.2, 0.25) is 0 Å². The molecule has 0 bridgehead atoms. The van der Waals surface area contributed by atoms with Crippen LogP contribution < -0.4 is 5.32 Å². The first-order valence-electron chi connectivity index (χ1n) is 7.01. The summed E-state index contributed by atoms with van der Waals surface area (Å²) in [5.74, 6) is -0.463. The van der Waals surface area contributed by atoms with Gasteiger partial charge in [0.05, 0.1) is 11.8 Å². The Hall–Kier alpha value is -2.10. The highest BCUT2D eigenvalue weighted by Gasteiger charge is 2.49. The van der Waals surface area contributed by atoms with Gasteiger partial charge in [0.1, 0.15) is 0 Å². The van der Waals surface area contributed by atoms with E-state index in [-0.39, 0.29) is 23.7 Å². The summed E-state index contributed by atoms with van der Waals surface area (Å²) in [4.78, 5) is 24.1. The normalized spacial score (nSPS) is 28.4. The van der Waals surface area contributed by atoms with E-state index in [2.05, 4.69) is 28.9 Å². The average molecular weight is 268 g/mol. The lowest BCUT2D eigenvalue weighted by molar-refractivity contribution is -0.125. The number of carbonyl (C=O) groups excluding carboxylic acids is 2. The molecule has 1 aliphatic heterocycles. The predicted molar refractivity (Wildman–Crippen MR) is 75.3 cm³/mol. The zero-order valence-corrected chi connectivity index (χ0v) is 11.5. The molecule has 1 aromatic carbocycles. The molecule has 1 unspecified atom stereocenters. The second-order valence-electron chi connectivity index (χ2n) is 5.95. The van der Waals surface area contributed by atoms with Crippen LogP contribution in [0.25, 0.3) is 10.9 Å². The summed E-state index contributed by atoms with van der Waals surface area (Å²) >= 11 is 0. The van der Waals surface area contributed by atoms with E-state index in [1.165, 1.54) is 10.9 Å². The van der Waals surface area contributed by atoms with E-state index >= 15 is 0 Å². The number of rotatable bonds is 0. The molecule has 1 aromatic heterocycles. The van der Waals surface area contributed by atoms with E-state index in [1.807, 2.05) is 19.2 Å². The summed E-state index contributed by atoms with van der Waals surface area (Å²) in [7, 11) is 1.99. The first-order valence-corrected chi connectivity index (χ1v) is 7.01. The maximum absolute atomic E-state index is 12.2. The topological polar surface area (TPSA) is 51.1 Å². The maximum Gasteiger partial charge on any atom is 0.236 e. The zero-order valence-electron chi connectivity index (χ0n) is 11.5. The van der Waals surface area contributed by atoms with Crippen LogP contribution in [0.3, 0.4) is 0 Å². The predicted octanol–water partition coefficient (Wildman–Crippen LogP) is 2.04. The zero-order chi connectivity index (χ0) is 14.0. The minimum Gasteiger partial charge on any atom is -0.347 e. The average Bonchev–Trinajstić information content (AvgIpc) is 2.87. The molecule has 2 aromatic rings. The van der Waals surface area contributed by atoms with E-state index in [4.69, 9.17) is 0 Å². The van der Waals surface area contributed by atoms with Gasteiger partial charge in [-0.1, -0.05) is 25.1 Å². The molecule has 4 nitrogen and oxygen atoms in total. The van der Waals surface area contributed by atoms with Crippen LogP contribution in [0, 0.1) is 5.92 Å². The van der Waals surface area contributed by atoms with Crippen molar-refractivity contribution >= 4 is 22.7 Å². The fourth-order valence-corrected chi connectivity index (χ4v) is 4.02. The van der Waals surface area contributed by atoms with Gasteiger partial charge in [0, 0.05) is 23.6 Å². The molecule has 1 fully saturated rings. The third-order valence-corrected chi connectivity index (χ3v) is 4.86. The molecule has 1 saturated heterocycles. The molecular formula is C16H16N2O2. The van der Waals surface area contributed by atoms with Crippen molar-refractivity contribution in [2.75, 3.05) is 0 Å². The number of nitrogens with zero attached hydrogens (tertiary/aromatic N) is 1. The van der Waals surface area contributed by atoms with Crippen LogP contribution >= 0.6 is 0 Å². The van der Waals surface area contributed by atoms with Gasteiger partial charge >= 0.3 is 0 Å². The van der Waals surface area contributed by atoms with Crippen molar-refractivity contribution in [1.82, 2.24) is 9.88 Å². The second-order valence-corrected chi connectivity index (χ2v) is 5.95. The van der Waals surface area contributed by atoms with Crippen LogP contribution in [0.15, 0.2) is 24.3 Å². The fourth-order valence-electron chi connectivity index (χ4n) is 4.02. The van der Waals surface area contributed by atoms with Crippen LogP contribution in [0.4, 0.5) is 0 Å². The number of benzene rings is 1. The van der Waals surface area contributed by atoms with Gasteiger partial charge in [0.25, 0.3) is 0 Å². The third kappa shape index (κ3) is 1.26. The minimum atomic E-state index is -0.314. The van der Waals surface area contributed by atoms with Crippen molar-refractivity contribution in [3.05, 3.63) is 35.5 Å². The molecular weight excluding hydrogens is 252 g/mol. The lowest BCUT2D eigenvalue weighted by atomic mass is 9.74. The van der Waals surface area contributed by atoms with Crippen LogP contribution in [-0.2, 0) is 16.6 Å². The number of imide groups is 1. The summed E-state index contributed by atoms with van der Waals surface area (Å²) in [6.07, 6.45) is 0.753. The molecule has 0 spiro atoms. The Kier molecular flexibility index (Phi) is 2.18. The van der Waals surface area contributed by atoms with E-state index in [1.54, 1.807) is 0 Å². The summed E-state index contributed by atoms with van der Waals surface area (Å²) in [6.45, 7) is 2.15. The number of para-hydroxylation sites is 1. The van der Waals surface area contributed by atoms with Crippen LogP contribution in [0.5, 0.6) is 0 Å². The number of amides is 2. The highest BCUT2D eigenvalue weighted by atomic mass is 16.2. The molecule has 1 aliphatic carbocycles. The monoisotopic (exact) mass is 268 g/mol.